The van der Waals surface area contributed by atoms with Gasteiger partial charge in [-0.05, 0) is 80.8 Å². The Morgan fingerprint density at radius 3 is 2.57 bits per heavy atom. The first-order chi connectivity index (χ1) is 20.3. The van der Waals surface area contributed by atoms with Gasteiger partial charge in [-0.1, -0.05) is 12.1 Å². The van der Waals surface area contributed by atoms with Crippen molar-refractivity contribution >= 4 is 45.6 Å². The van der Waals surface area contributed by atoms with Gasteiger partial charge >= 0.3 is 0 Å². The largest absolute Gasteiger partial charge is 0.423 e. The fourth-order valence-electron chi connectivity index (χ4n) is 6.63. The van der Waals surface area contributed by atoms with E-state index in [1.165, 1.54) is 6.07 Å². The number of nitrogens with one attached hydrogen (secondary N) is 1. The van der Waals surface area contributed by atoms with Crippen LogP contribution in [0, 0.1) is 19.7 Å². The Bertz CT molecular complexity index is 1780. The smallest absolute Gasteiger partial charge is 0.300 e. The van der Waals surface area contributed by atoms with E-state index in [1.807, 2.05) is 38.2 Å². The number of ether oxygens (including phenoxy) is 1. The van der Waals surface area contributed by atoms with Crippen molar-refractivity contribution < 1.29 is 13.5 Å². The number of anilines is 4. The molecule has 0 amide bonds. The van der Waals surface area contributed by atoms with Gasteiger partial charge in [-0.3, -0.25) is 4.90 Å². The number of hydrogen-bond donors (Lipinski definition) is 3. The Labute approximate surface area is 242 Å². The molecule has 1 aliphatic heterocycles. The van der Waals surface area contributed by atoms with Gasteiger partial charge in [0.25, 0.3) is 6.01 Å². The number of aromatic nitrogens is 4. The highest BCUT2D eigenvalue weighted by atomic mass is 19.1. The monoisotopic (exact) mass is 570 g/mol. The summed E-state index contributed by atoms with van der Waals surface area (Å²) < 4.78 is 29.3. The summed E-state index contributed by atoms with van der Waals surface area (Å²) in [6.45, 7) is 6.63. The Balaban J connectivity index is 1.18. The maximum absolute atomic E-state index is 15.5. The first-order valence-electron chi connectivity index (χ1n) is 14.5. The second-order valence-electron chi connectivity index (χ2n) is 11.6. The summed E-state index contributed by atoms with van der Waals surface area (Å²) in [6.07, 6.45) is 7.24. The van der Waals surface area contributed by atoms with Crippen LogP contribution in [0.1, 0.15) is 49.3 Å². The molecule has 11 heteroatoms. The molecule has 42 heavy (non-hydrogen) atoms. The number of nitrogens with two attached hydrogens (primary N) is 2. The molecule has 2 aliphatic rings. The number of oxazole rings is 1. The summed E-state index contributed by atoms with van der Waals surface area (Å²) in [4.78, 5) is 15.8. The highest BCUT2D eigenvalue weighted by Crippen LogP contribution is 2.40. The number of nitrogen functional groups attached to an aromatic ring is 2. The van der Waals surface area contributed by atoms with Gasteiger partial charge in [0.05, 0.1) is 17.8 Å². The van der Waals surface area contributed by atoms with E-state index >= 15 is 4.39 Å². The van der Waals surface area contributed by atoms with Crippen molar-refractivity contribution in [3.8, 4) is 11.1 Å². The van der Waals surface area contributed by atoms with Crippen LogP contribution in [0.4, 0.5) is 27.9 Å². The SMILES string of the molecule is Cc1cc(C)c2oc(Nc3ccc(-c4cn(C5CCC(N6CCCOC6)CC5)c5nc(N)nc(N)c45)cc3F)nc2c1. The standard InChI is InChI=1S/C31H35FN8O2/c1-17-12-18(2)27-25(13-17)36-31(42-27)35-24-9-4-19(14-23(24)32)22-15-40(29-26(22)28(33)37-30(34)38-29)21-7-5-20(6-8-21)39-10-3-11-41-16-39/h4,9,12-15,20-21H,3,5-8,10-11,16H2,1-2H3,(H,35,36)(H4,33,34,37,38). The second-order valence-corrected chi connectivity index (χ2v) is 11.6. The first kappa shape index (κ1) is 26.7. The average Bonchev–Trinajstić information content (AvgIpc) is 3.56. The number of hydrogen-bond acceptors (Lipinski definition) is 9. The highest BCUT2D eigenvalue weighted by molar-refractivity contribution is 6.01. The Morgan fingerprint density at radius 1 is 1.00 bits per heavy atom. The van der Waals surface area contributed by atoms with E-state index in [4.69, 9.17) is 20.6 Å². The van der Waals surface area contributed by atoms with Crippen LogP contribution in [0.5, 0.6) is 0 Å². The summed E-state index contributed by atoms with van der Waals surface area (Å²) in [5.41, 5.74) is 18.3. The number of halogens is 1. The van der Waals surface area contributed by atoms with Gasteiger partial charge in [0.1, 0.15) is 22.8 Å². The lowest BCUT2D eigenvalue weighted by Crippen LogP contribution is -2.43. The van der Waals surface area contributed by atoms with Crippen molar-refractivity contribution in [3.63, 3.8) is 0 Å². The molecule has 218 valence electrons. The molecule has 10 nitrogen and oxygen atoms in total. The van der Waals surface area contributed by atoms with Crippen LogP contribution in [-0.2, 0) is 4.74 Å². The number of aryl methyl sites for hydroxylation is 2. The fraction of sp³-hybridized carbons (Fsp3) is 0.387. The maximum atomic E-state index is 15.5. The minimum atomic E-state index is -0.442. The molecular formula is C31H35FN8O2. The molecule has 0 bridgehead atoms. The van der Waals surface area contributed by atoms with Crippen LogP contribution < -0.4 is 16.8 Å². The molecule has 3 aromatic heterocycles. The van der Waals surface area contributed by atoms with E-state index in [2.05, 4.69) is 29.7 Å². The minimum Gasteiger partial charge on any atom is -0.423 e. The van der Waals surface area contributed by atoms with Gasteiger partial charge in [-0.25, -0.2) is 4.39 Å². The Hall–Kier alpha value is -4.22. The fourth-order valence-corrected chi connectivity index (χ4v) is 6.63. The van der Waals surface area contributed by atoms with Crippen molar-refractivity contribution in [2.24, 2.45) is 0 Å². The number of rotatable bonds is 5. The number of nitrogens with zero attached hydrogens (tertiary/aromatic N) is 5. The molecular weight excluding hydrogens is 535 g/mol. The molecule has 2 aromatic carbocycles. The highest BCUT2D eigenvalue weighted by Gasteiger charge is 2.30. The van der Waals surface area contributed by atoms with E-state index in [0.29, 0.717) is 35.0 Å². The Morgan fingerprint density at radius 2 is 1.81 bits per heavy atom. The zero-order valence-corrected chi connectivity index (χ0v) is 23.9. The predicted octanol–water partition coefficient (Wildman–Crippen LogP) is 6.07. The van der Waals surface area contributed by atoms with E-state index in [9.17, 15) is 0 Å². The second kappa shape index (κ2) is 10.6. The molecule has 5 aromatic rings. The quantitative estimate of drug-likeness (QED) is 0.230. The third-order valence-electron chi connectivity index (χ3n) is 8.63. The van der Waals surface area contributed by atoms with Crippen molar-refractivity contribution in [2.45, 2.75) is 58.0 Å². The molecule has 4 heterocycles. The molecule has 1 aliphatic carbocycles. The first-order valence-corrected chi connectivity index (χ1v) is 14.5. The zero-order valence-electron chi connectivity index (χ0n) is 23.9. The molecule has 0 unspecified atom stereocenters. The molecule has 7 rings (SSSR count). The van der Waals surface area contributed by atoms with Crippen LogP contribution in [0.3, 0.4) is 0 Å². The van der Waals surface area contributed by atoms with E-state index < -0.39 is 5.82 Å². The summed E-state index contributed by atoms with van der Waals surface area (Å²) >= 11 is 0. The predicted molar refractivity (Wildman–Crippen MR) is 162 cm³/mol. The summed E-state index contributed by atoms with van der Waals surface area (Å²) in [6, 6.07) is 9.99. The molecule has 1 saturated heterocycles. The molecule has 0 atom stereocenters. The molecule has 0 radical (unpaired) electrons. The third-order valence-corrected chi connectivity index (χ3v) is 8.63. The maximum Gasteiger partial charge on any atom is 0.300 e. The zero-order chi connectivity index (χ0) is 29.0. The molecule has 2 fully saturated rings. The van der Waals surface area contributed by atoms with Crippen LogP contribution in [0.25, 0.3) is 33.3 Å². The van der Waals surface area contributed by atoms with Crippen LogP contribution >= 0.6 is 0 Å². The van der Waals surface area contributed by atoms with Crippen LogP contribution in [-0.4, -0.2) is 50.3 Å². The lowest BCUT2D eigenvalue weighted by molar-refractivity contribution is -0.0450. The van der Waals surface area contributed by atoms with E-state index in [-0.39, 0.29) is 29.5 Å². The van der Waals surface area contributed by atoms with Crippen molar-refractivity contribution in [1.29, 1.82) is 0 Å². The average molecular weight is 571 g/mol. The molecule has 1 saturated carbocycles. The lowest BCUT2D eigenvalue weighted by atomic mass is 9.90. The van der Waals surface area contributed by atoms with Crippen molar-refractivity contribution in [1.82, 2.24) is 24.4 Å². The molecule has 0 spiro atoms. The third kappa shape index (κ3) is 4.82. The van der Waals surface area contributed by atoms with Gasteiger partial charge in [-0.2, -0.15) is 15.0 Å². The van der Waals surface area contributed by atoms with Gasteiger partial charge in [-0.15, -0.1) is 0 Å². The summed E-state index contributed by atoms with van der Waals surface area (Å²) in [5.74, 6) is -0.0348. The minimum absolute atomic E-state index is 0.125. The van der Waals surface area contributed by atoms with Gasteiger partial charge < -0.3 is 30.5 Å². The normalized spacial score (nSPS) is 20.0. The topological polar surface area (TPSA) is 133 Å². The van der Waals surface area contributed by atoms with Gasteiger partial charge in [0.15, 0.2) is 5.58 Å². The lowest BCUT2D eigenvalue weighted by Gasteiger charge is -2.39. The van der Waals surface area contributed by atoms with Gasteiger partial charge in [0.2, 0.25) is 5.95 Å². The number of benzene rings is 2. The Kier molecular flexibility index (Phi) is 6.70. The molecule has 5 N–H and O–H groups in total. The van der Waals surface area contributed by atoms with E-state index in [0.717, 1.165) is 67.5 Å². The van der Waals surface area contributed by atoms with E-state index in [1.54, 1.807) is 6.07 Å². The van der Waals surface area contributed by atoms with Crippen molar-refractivity contribution in [3.05, 3.63) is 53.5 Å². The van der Waals surface area contributed by atoms with Crippen LogP contribution in [0.15, 0.2) is 40.9 Å². The van der Waals surface area contributed by atoms with Crippen molar-refractivity contribution in [2.75, 3.05) is 36.7 Å². The number of fused-ring (bicyclic) bond motifs is 2. The summed E-state index contributed by atoms with van der Waals surface area (Å²) in [7, 11) is 0. The van der Waals surface area contributed by atoms with Crippen LogP contribution in [0.2, 0.25) is 0 Å². The van der Waals surface area contributed by atoms with Gasteiger partial charge in [0, 0.05) is 37.0 Å². The summed E-state index contributed by atoms with van der Waals surface area (Å²) in [5, 5.41) is 3.68.